The van der Waals surface area contributed by atoms with E-state index in [9.17, 15) is 9.90 Å². The van der Waals surface area contributed by atoms with Crippen LogP contribution in [0.5, 0.6) is 0 Å². The lowest BCUT2D eigenvalue weighted by Crippen LogP contribution is -2.52. The van der Waals surface area contributed by atoms with Crippen LogP contribution in [0.3, 0.4) is 0 Å². The van der Waals surface area contributed by atoms with Crippen molar-refractivity contribution in [2.24, 2.45) is 40.9 Å². The Kier molecular flexibility index (Phi) is 5.44. The molecule has 0 aromatic carbocycles. The average Bonchev–Trinajstić information content (AvgIpc) is 3.10. The number of nitrogens with one attached hydrogen (secondary N) is 1. The van der Waals surface area contributed by atoms with Gasteiger partial charge in [0.15, 0.2) is 0 Å². The molecular formula is C27H40N2O2. The van der Waals surface area contributed by atoms with E-state index in [1.807, 2.05) is 12.1 Å². The summed E-state index contributed by atoms with van der Waals surface area (Å²) in [6.07, 6.45) is 12.8. The van der Waals surface area contributed by atoms with Gasteiger partial charge in [-0.15, -0.1) is 0 Å². The lowest BCUT2D eigenvalue weighted by Gasteiger charge is -2.57. The van der Waals surface area contributed by atoms with Gasteiger partial charge in [0, 0.05) is 12.2 Å². The first-order valence-corrected chi connectivity index (χ1v) is 12.7. The monoisotopic (exact) mass is 424 g/mol. The summed E-state index contributed by atoms with van der Waals surface area (Å²) in [5.41, 5.74) is 0.422. The number of rotatable bonds is 3. The standard InChI is InChI=1S/C27H40N2O2/c1-17(29-25(30)24-6-4-5-15-28-24)22-9-10-23-21-8-7-18-16-26(2,31)13-11-19(18)20(21)12-14-27(22,23)3/h4-6,15,17-23,31H,7-14,16H2,1-3H3,(H,29,30)/t17-,18+,19-,20+,21+,22+,23-,26+,27+/m0/s1. The number of fused-ring (bicyclic) bond motifs is 5. The molecule has 0 radical (unpaired) electrons. The highest BCUT2D eigenvalue weighted by molar-refractivity contribution is 5.92. The fraction of sp³-hybridized carbons (Fsp3) is 0.778. The lowest BCUT2D eigenvalue weighted by molar-refractivity contribution is -0.101. The van der Waals surface area contributed by atoms with Crippen molar-refractivity contribution in [3.05, 3.63) is 30.1 Å². The number of hydrogen-bond donors (Lipinski definition) is 2. The molecule has 4 nitrogen and oxygen atoms in total. The van der Waals surface area contributed by atoms with Crippen molar-refractivity contribution in [3.63, 3.8) is 0 Å². The molecule has 1 heterocycles. The molecule has 0 saturated heterocycles. The second-order valence-electron chi connectivity index (χ2n) is 11.9. The molecule has 4 aliphatic carbocycles. The SMILES string of the molecule is C[C@H](NC(=O)c1ccccn1)[C@H]1CC[C@H]2[C@@H]3CC[C@@H]4C[C@](C)(O)CC[C@@H]4[C@H]3CC[C@]12C. The smallest absolute Gasteiger partial charge is 0.270 e. The van der Waals surface area contributed by atoms with Crippen molar-refractivity contribution in [1.82, 2.24) is 10.3 Å². The van der Waals surface area contributed by atoms with Crippen LogP contribution in [-0.2, 0) is 0 Å². The van der Waals surface area contributed by atoms with E-state index in [0.717, 1.165) is 42.4 Å². The Morgan fingerprint density at radius 1 is 1.06 bits per heavy atom. The Bertz CT molecular complexity index is 809. The van der Waals surface area contributed by atoms with Crippen LogP contribution in [0.15, 0.2) is 24.4 Å². The summed E-state index contributed by atoms with van der Waals surface area (Å²) in [4.78, 5) is 16.9. The Balaban J connectivity index is 1.28. The summed E-state index contributed by atoms with van der Waals surface area (Å²) >= 11 is 0. The molecule has 9 atom stereocenters. The van der Waals surface area contributed by atoms with Gasteiger partial charge in [-0.25, -0.2) is 0 Å². The third-order valence-corrected chi connectivity index (χ3v) is 10.2. The van der Waals surface area contributed by atoms with Gasteiger partial charge in [-0.05, 0) is 125 Å². The van der Waals surface area contributed by atoms with Crippen LogP contribution in [0.4, 0.5) is 0 Å². The van der Waals surface area contributed by atoms with Gasteiger partial charge in [0.2, 0.25) is 0 Å². The number of amides is 1. The predicted octanol–water partition coefficient (Wildman–Crippen LogP) is 5.22. The summed E-state index contributed by atoms with van der Waals surface area (Å²) in [5.74, 6) is 4.61. The molecule has 4 heteroatoms. The predicted molar refractivity (Wildman–Crippen MR) is 122 cm³/mol. The largest absolute Gasteiger partial charge is 0.390 e. The van der Waals surface area contributed by atoms with Crippen molar-refractivity contribution in [2.45, 2.75) is 90.2 Å². The minimum absolute atomic E-state index is 0.0383. The molecular weight excluding hydrogens is 384 g/mol. The van der Waals surface area contributed by atoms with Gasteiger partial charge in [-0.1, -0.05) is 13.0 Å². The number of pyridine rings is 1. The van der Waals surface area contributed by atoms with Crippen LogP contribution in [-0.4, -0.2) is 27.6 Å². The first-order chi connectivity index (χ1) is 14.8. The molecule has 31 heavy (non-hydrogen) atoms. The van der Waals surface area contributed by atoms with Crippen molar-refractivity contribution >= 4 is 5.91 Å². The first-order valence-electron chi connectivity index (χ1n) is 12.7. The number of hydrogen-bond acceptors (Lipinski definition) is 3. The molecule has 5 rings (SSSR count). The van der Waals surface area contributed by atoms with E-state index in [0.29, 0.717) is 17.0 Å². The molecule has 1 amide bonds. The number of aromatic nitrogens is 1. The maximum Gasteiger partial charge on any atom is 0.270 e. The van der Waals surface area contributed by atoms with Crippen LogP contribution < -0.4 is 5.32 Å². The summed E-state index contributed by atoms with van der Waals surface area (Å²) in [7, 11) is 0. The van der Waals surface area contributed by atoms with Gasteiger partial charge in [-0.3, -0.25) is 9.78 Å². The van der Waals surface area contributed by atoms with E-state index in [1.165, 1.54) is 44.9 Å². The van der Waals surface area contributed by atoms with Crippen molar-refractivity contribution < 1.29 is 9.90 Å². The zero-order valence-corrected chi connectivity index (χ0v) is 19.5. The molecule has 0 spiro atoms. The Labute approximate surface area is 187 Å². The van der Waals surface area contributed by atoms with Gasteiger partial charge in [-0.2, -0.15) is 0 Å². The summed E-state index contributed by atoms with van der Waals surface area (Å²) in [5, 5.41) is 13.9. The molecule has 0 aliphatic heterocycles. The normalized spacial score (nSPS) is 45.2. The number of carbonyl (C=O) groups excluding carboxylic acids is 1. The van der Waals surface area contributed by atoms with Crippen molar-refractivity contribution in [2.75, 3.05) is 0 Å². The Hall–Kier alpha value is -1.42. The van der Waals surface area contributed by atoms with E-state index in [2.05, 4.69) is 31.1 Å². The quantitative estimate of drug-likeness (QED) is 0.699. The molecule has 4 fully saturated rings. The molecule has 1 aromatic rings. The molecule has 170 valence electrons. The van der Waals surface area contributed by atoms with Crippen LogP contribution in [0, 0.1) is 40.9 Å². The molecule has 4 aliphatic rings. The highest BCUT2D eigenvalue weighted by Crippen LogP contribution is 2.65. The van der Waals surface area contributed by atoms with Gasteiger partial charge < -0.3 is 10.4 Å². The van der Waals surface area contributed by atoms with E-state index in [1.54, 1.807) is 12.3 Å². The van der Waals surface area contributed by atoms with Gasteiger partial charge in [0.25, 0.3) is 5.91 Å². The summed E-state index contributed by atoms with van der Waals surface area (Å²) < 4.78 is 0. The first kappa shape index (κ1) is 21.4. The highest BCUT2D eigenvalue weighted by Gasteiger charge is 2.58. The van der Waals surface area contributed by atoms with Crippen LogP contribution in [0.2, 0.25) is 0 Å². The van der Waals surface area contributed by atoms with Crippen LogP contribution >= 0.6 is 0 Å². The van der Waals surface area contributed by atoms with E-state index >= 15 is 0 Å². The van der Waals surface area contributed by atoms with Crippen LogP contribution in [0.25, 0.3) is 0 Å². The molecule has 1 aromatic heterocycles. The number of aliphatic hydroxyl groups is 1. The van der Waals surface area contributed by atoms with E-state index < -0.39 is 5.60 Å². The van der Waals surface area contributed by atoms with E-state index in [4.69, 9.17) is 0 Å². The Morgan fingerprint density at radius 3 is 2.65 bits per heavy atom. The maximum absolute atomic E-state index is 12.7. The summed E-state index contributed by atoms with van der Waals surface area (Å²) in [6, 6.07) is 5.71. The average molecular weight is 425 g/mol. The third-order valence-electron chi connectivity index (χ3n) is 10.2. The highest BCUT2D eigenvalue weighted by atomic mass is 16.3. The molecule has 4 saturated carbocycles. The zero-order chi connectivity index (χ0) is 21.8. The Morgan fingerprint density at radius 2 is 1.87 bits per heavy atom. The maximum atomic E-state index is 12.7. The van der Waals surface area contributed by atoms with Crippen LogP contribution in [0.1, 0.15) is 89.0 Å². The van der Waals surface area contributed by atoms with E-state index in [-0.39, 0.29) is 11.9 Å². The topological polar surface area (TPSA) is 62.2 Å². The summed E-state index contributed by atoms with van der Waals surface area (Å²) in [6.45, 7) is 6.80. The van der Waals surface area contributed by atoms with Gasteiger partial charge >= 0.3 is 0 Å². The minimum atomic E-state index is -0.434. The fourth-order valence-electron chi connectivity index (χ4n) is 8.82. The second kappa shape index (κ2) is 7.86. The minimum Gasteiger partial charge on any atom is -0.390 e. The molecule has 0 bridgehead atoms. The second-order valence-corrected chi connectivity index (χ2v) is 11.9. The zero-order valence-electron chi connectivity index (χ0n) is 19.5. The molecule has 0 unspecified atom stereocenters. The number of carbonyl (C=O) groups is 1. The fourth-order valence-corrected chi connectivity index (χ4v) is 8.82. The van der Waals surface area contributed by atoms with Crippen molar-refractivity contribution in [3.8, 4) is 0 Å². The number of nitrogens with zero attached hydrogens (tertiary/aromatic N) is 1. The third kappa shape index (κ3) is 3.73. The van der Waals surface area contributed by atoms with Gasteiger partial charge in [0.1, 0.15) is 5.69 Å². The lowest BCUT2D eigenvalue weighted by atomic mass is 9.49. The van der Waals surface area contributed by atoms with Gasteiger partial charge in [0.05, 0.1) is 5.60 Å². The molecule has 2 N–H and O–H groups in total. The van der Waals surface area contributed by atoms with Crippen molar-refractivity contribution in [1.29, 1.82) is 0 Å².